The second-order valence-electron chi connectivity index (χ2n) is 22.3. The summed E-state index contributed by atoms with van der Waals surface area (Å²) in [5.74, 6) is -4.32. The monoisotopic (exact) mass is 1120 g/mol. The number of primary amides is 1. The van der Waals surface area contributed by atoms with Gasteiger partial charge in [0.2, 0.25) is 35.4 Å². The number of anilines is 1. The number of aliphatic hydroxyl groups excluding tert-OH is 1. The zero-order valence-corrected chi connectivity index (χ0v) is 49.7. The van der Waals surface area contributed by atoms with E-state index in [1.807, 2.05) is 45.9 Å². The van der Waals surface area contributed by atoms with Crippen LogP contribution in [0.25, 0.3) is 0 Å². The van der Waals surface area contributed by atoms with Gasteiger partial charge in [-0.2, -0.15) is 0 Å². The van der Waals surface area contributed by atoms with Crippen LogP contribution >= 0.6 is 0 Å². The van der Waals surface area contributed by atoms with Crippen molar-refractivity contribution < 1.29 is 57.7 Å². The molecule has 0 saturated carbocycles. The van der Waals surface area contributed by atoms with Gasteiger partial charge in [0.15, 0.2) is 0 Å². The van der Waals surface area contributed by atoms with Crippen molar-refractivity contribution in [3.8, 4) is 0 Å². The zero-order valence-electron chi connectivity index (χ0n) is 49.7. The molecule has 448 valence electrons. The third kappa shape index (κ3) is 19.4. The largest absolute Gasteiger partial charge is 0.445 e. The summed E-state index contributed by atoms with van der Waals surface area (Å²) < 4.78 is 17.7. The van der Waals surface area contributed by atoms with E-state index in [1.165, 1.54) is 26.2 Å². The molecule has 2 aromatic rings. The first-order chi connectivity index (χ1) is 37.7. The van der Waals surface area contributed by atoms with Crippen LogP contribution in [0.3, 0.4) is 0 Å². The number of likely N-dealkylation sites (N-methyl/N-ethyl adjacent to an activating group) is 2. The Morgan fingerprint density at radius 1 is 0.775 bits per heavy atom. The molecule has 1 aliphatic heterocycles. The fourth-order valence-corrected chi connectivity index (χ4v) is 10.2. The molecule has 0 aromatic heterocycles. The highest BCUT2D eigenvalue weighted by Gasteiger charge is 2.44. The van der Waals surface area contributed by atoms with Crippen molar-refractivity contribution in [2.24, 2.45) is 41.1 Å². The van der Waals surface area contributed by atoms with Gasteiger partial charge in [-0.25, -0.2) is 9.59 Å². The number of carbonyl (C=O) groups is 8. The van der Waals surface area contributed by atoms with Gasteiger partial charge in [-0.3, -0.25) is 33.7 Å². The van der Waals surface area contributed by atoms with Crippen LogP contribution in [-0.4, -0.2) is 163 Å². The van der Waals surface area contributed by atoms with Crippen molar-refractivity contribution in [3.05, 3.63) is 65.7 Å². The van der Waals surface area contributed by atoms with Gasteiger partial charge in [0, 0.05) is 47.1 Å². The lowest BCUT2D eigenvalue weighted by Gasteiger charge is -2.41. The minimum absolute atomic E-state index is 0.0747. The van der Waals surface area contributed by atoms with Crippen LogP contribution in [-0.2, 0) is 49.6 Å². The van der Waals surface area contributed by atoms with Crippen LogP contribution in [0, 0.1) is 29.6 Å². The number of benzene rings is 2. The van der Waals surface area contributed by atoms with E-state index < -0.39 is 114 Å². The summed E-state index contributed by atoms with van der Waals surface area (Å²) in [4.78, 5) is 112. The highest BCUT2D eigenvalue weighted by molar-refractivity contribution is 5.98. The maximum absolute atomic E-state index is 14.7. The molecule has 3 rings (SSSR count). The Morgan fingerprint density at radius 3 is 1.96 bits per heavy atom. The average molecular weight is 1120 g/mol. The molecule has 10 N–H and O–H groups in total. The van der Waals surface area contributed by atoms with E-state index in [2.05, 4.69) is 26.6 Å². The molecule has 0 radical (unpaired) electrons. The maximum Gasteiger partial charge on any atom is 0.410 e. The average Bonchev–Trinajstić information content (AvgIpc) is 3.91. The van der Waals surface area contributed by atoms with Gasteiger partial charge >= 0.3 is 12.1 Å². The SMILES string of the molecule is CC[C@H](C)[C@@H]([C@@H](CC(=O)N1CCC[C@H]1[C@H](OC)[C@@H](C)C(=O)N[C@H](C)[C@@H](O)c1ccccc1)OC)N(C)C(=O)[C@@H](NC(=O)[C@H](C(C)C)N(C)C(=O)OCc1ccc(NC(=O)[C@H](CCCNC(N)=O)NC(=O)C(N)C(C)C)cc1)C(C)C. The van der Waals surface area contributed by atoms with Gasteiger partial charge in [-0.1, -0.05) is 111 Å². The Kier molecular flexibility index (Phi) is 27.8. The second-order valence-corrected chi connectivity index (χ2v) is 22.3. The summed E-state index contributed by atoms with van der Waals surface area (Å²) in [6.45, 7) is 18.7. The molecule has 0 spiro atoms. The number of nitrogens with zero attached hydrogens (tertiary/aromatic N) is 3. The first kappa shape index (κ1) is 67.9. The second kappa shape index (κ2) is 32.8. The third-order valence-electron chi connectivity index (χ3n) is 15.3. The summed E-state index contributed by atoms with van der Waals surface area (Å²) in [6, 6.07) is 9.37. The van der Waals surface area contributed by atoms with Crippen LogP contribution < -0.4 is 38.1 Å². The number of nitrogens with two attached hydrogens (primary N) is 2. The lowest BCUT2D eigenvalue weighted by molar-refractivity contribution is -0.148. The molecular formula is C58H94N10O12. The Bertz CT molecular complexity index is 2320. The molecule has 1 fully saturated rings. The summed E-state index contributed by atoms with van der Waals surface area (Å²) >= 11 is 0. The van der Waals surface area contributed by atoms with Crippen molar-refractivity contribution in [1.82, 2.24) is 36.0 Å². The van der Waals surface area contributed by atoms with Gasteiger partial charge in [0.25, 0.3) is 0 Å². The molecule has 0 bridgehead atoms. The molecule has 22 heteroatoms. The first-order valence-corrected chi connectivity index (χ1v) is 28.0. The molecule has 9 amide bonds. The number of likely N-dealkylation sites (tertiary alicyclic amines) is 1. The van der Waals surface area contributed by atoms with E-state index >= 15 is 0 Å². The molecule has 1 unspecified atom stereocenters. The topological polar surface area (TPSA) is 306 Å². The number of methoxy groups -OCH3 is 2. The van der Waals surface area contributed by atoms with Gasteiger partial charge in [-0.05, 0) is 79.5 Å². The Hall–Kier alpha value is -6.36. The Morgan fingerprint density at radius 2 is 1.41 bits per heavy atom. The van der Waals surface area contributed by atoms with Crippen molar-refractivity contribution >= 4 is 53.3 Å². The van der Waals surface area contributed by atoms with E-state index in [-0.39, 0.29) is 49.6 Å². The van der Waals surface area contributed by atoms with Crippen molar-refractivity contribution in [3.63, 3.8) is 0 Å². The highest BCUT2D eigenvalue weighted by atomic mass is 16.6. The van der Waals surface area contributed by atoms with Crippen LogP contribution in [0.2, 0.25) is 0 Å². The molecule has 12 atom stereocenters. The summed E-state index contributed by atoms with van der Waals surface area (Å²) in [5.41, 5.74) is 12.8. The maximum atomic E-state index is 14.7. The number of nitrogens with one attached hydrogen (secondary N) is 5. The zero-order chi connectivity index (χ0) is 60.1. The Balaban J connectivity index is 1.70. The van der Waals surface area contributed by atoms with Crippen molar-refractivity contribution in [2.45, 2.75) is 175 Å². The van der Waals surface area contributed by atoms with Crippen LogP contribution in [0.1, 0.15) is 125 Å². The van der Waals surface area contributed by atoms with Crippen molar-refractivity contribution in [2.75, 3.05) is 46.7 Å². The quantitative estimate of drug-likeness (QED) is 0.0485. The number of rotatable bonds is 31. The van der Waals surface area contributed by atoms with Gasteiger partial charge in [0.1, 0.15) is 24.7 Å². The number of aliphatic hydroxyl groups is 1. The standard InChI is InChI=1S/C58H94N10O12/c1-15-36(8)49(44(78-13)31-45(69)68-30-20-24-43(68)51(79-14)37(9)52(71)62-38(10)50(70)40-21-17-16-18-22-40)66(11)56(75)47(34(4)5)65-55(74)48(35(6)7)67(12)58(77)80-32-39-25-27-41(28-26-39)63-53(72)42(23-19-29-61-57(60)76)64-54(73)46(59)33(2)3/h16-18,21-22,25-28,33-38,42-44,46-51,70H,15,19-20,23-24,29-32,59H2,1-14H3,(H,62,71)(H,63,72)(H,64,73)(H,65,74)(H3,60,61,76)/t36-,37+,38+,42-,43-,44+,46?,47-,48-,49-,50+,51+/m0/s1. The van der Waals surface area contributed by atoms with E-state index in [4.69, 9.17) is 25.7 Å². The number of hydrogen-bond acceptors (Lipinski definition) is 13. The highest BCUT2D eigenvalue weighted by Crippen LogP contribution is 2.30. The van der Waals surface area contributed by atoms with E-state index in [1.54, 1.807) is 94.8 Å². The van der Waals surface area contributed by atoms with E-state index in [9.17, 15) is 43.5 Å². The molecule has 1 aliphatic rings. The molecular weight excluding hydrogens is 1030 g/mol. The molecule has 2 aromatic carbocycles. The molecule has 1 saturated heterocycles. The van der Waals surface area contributed by atoms with Gasteiger partial charge < -0.3 is 67.2 Å². The number of ether oxygens (including phenoxy) is 3. The lowest BCUT2D eigenvalue weighted by atomic mass is 9.89. The smallest absolute Gasteiger partial charge is 0.410 e. The fraction of sp³-hybridized carbons (Fsp3) is 0.655. The first-order valence-electron chi connectivity index (χ1n) is 28.0. The summed E-state index contributed by atoms with van der Waals surface area (Å²) in [6.07, 6.45) is -0.736. The number of amides is 9. The van der Waals surface area contributed by atoms with E-state index in [0.717, 1.165) is 0 Å². The van der Waals surface area contributed by atoms with Crippen LogP contribution in [0.4, 0.5) is 15.3 Å². The minimum Gasteiger partial charge on any atom is -0.445 e. The van der Waals surface area contributed by atoms with Gasteiger partial charge in [0.05, 0.1) is 54.8 Å². The van der Waals surface area contributed by atoms with Gasteiger partial charge in [-0.15, -0.1) is 0 Å². The van der Waals surface area contributed by atoms with Crippen LogP contribution in [0.15, 0.2) is 54.6 Å². The molecule has 1 heterocycles. The minimum atomic E-state index is -1.05. The predicted molar refractivity (Wildman–Crippen MR) is 305 cm³/mol. The summed E-state index contributed by atoms with van der Waals surface area (Å²) in [7, 11) is 6.12. The number of urea groups is 1. The molecule has 80 heavy (non-hydrogen) atoms. The molecule has 0 aliphatic carbocycles. The van der Waals surface area contributed by atoms with Crippen LogP contribution in [0.5, 0.6) is 0 Å². The normalized spacial score (nSPS) is 17.6. The third-order valence-corrected chi connectivity index (χ3v) is 15.3. The fourth-order valence-electron chi connectivity index (χ4n) is 10.2. The number of carbonyl (C=O) groups excluding carboxylic acids is 8. The molecule has 22 nitrogen and oxygen atoms in total. The Labute approximate surface area is 473 Å². The number of hydrogen-bond donors (Lipinski definition) is 8. The summed E-state index contributed by atoms with van der Waals surface area (Å²) in [5, 5.41) is 24.8. The van der Waals surface area contributed by atoms with E-state index in [0.29, 0.717) is 49.0 Å². The van der Waals surface area contributed by atoms with Crippen molar-refractivity contribution in [1.29, 1.82) is 0 Å². The predicted octanol–water partition coefficient (Wildman–Crippen LogP) is 4.43. The lowest BCUT2D eigenvalue weighted by Crippen LogP contribution is -2.60.